The monoisotopic (exact) mass is 426 g/mol. The van der Waals surface area contributed by atoms with Gasteiger partial charge in [0, 0.05) is 12.6 Å². The molecule has 0 spiro atoms. The number of nitrogens with one attached hydrogen (secondary N) is 1. The summed E-state index contributed by atoms with van der Waals surface area (Å²) >= 11 is 0. The fraction of sp³-hybridized carbons (Fsp3) is 0.440. The molecule has 2 rings (SSSR count). The number of aryl methyl sites for hydroxylation is 1. The molecular weight excluding hydrogens is 392 g/mol. The standard InChI is InChI=1S/C25H34N2O4/c1-6-19(4)26-25(29)23(7-2)27(16-20-9-8-10-22(15-20)30-5)24(28)17-31-21-13-11-18(3)12-14-21/h8-15,19,23H,6-7,16-17H2,1-5H3,(H,26,29)/t19-,23+/m0/s1. The number of benzene rings is 2. The van der Waals surface area contributed by atoms with E-state index in [0.717, 1.165) is 17.5 Å². The van der Waals surface area contributed by atoms with E-state index < -0.39 is 6.04 Å². The Morgan fingerprint density at radius 3 is 2.35 bits per heavy atom. The van der Waals surface area contributed by atoms with Gasteiger partial charge in [0.25, 0.3) is 5.91 Å². The molecule has 2 aromatic carbocycles. The Hall–Kier alpha value is -3.02. The maximum Gasteiger partial charge on any atom is 0.261 e. The summed E-state index contributed by atoms with van der Waals surface area (Å²) < 4.78 is 11.0. The van der Waals surface area contributed by atoms with Crippen LogP contribution in [-0.4, -0.2) is 42.5 Å². The highest BCUT2D eigenvalue weighted by Gasteiger charge is 2.29. The van der Waals surface area contributed by atoms with Gasteiger partial charge in [-0.1, -0.05) is 43.7 Å². The van der Waals surface area contributed by atoms with Gasteiger partial charge in [0.15, 0.2) is 6.61 Å². The molecular formula is C25H34N2O4. The van der Waals surface area contributed by atoms with Crippen molar-refractivity contribution >= 4 is 11.8 Å². The van der Waals surface area contributed by atoms with Crippen LogP contribution in [0, 0.1) is 6.92 Å². The Kier molecular flexibility index (Phi) is 9.38. The van der Waals surface area contributed by atoms with E-state index in [2.05, 4.69) is 5.32 Å². The van der Waals surface area contributed by atoms with E-state index in [1.54, 1.807) is 12.0 Å². The molecule has 168 valence electrons. The molecule has 0 heterocycles. The predicted octanol–water partition coefficient (Wildman–Crippen LogP) is 4.10. The molecule has 0 unspecified atom stereocenters. The first-order chi connectivity index (χ1) is 14.9. The van der Waals surface area contributed by atoms with Crippen LogP contribution in [0.15, 0.2) is 48.5 Å². The fourth-order valence-corrected chi connectivity index (χ4v) is 3.19. The number of hydrogen-bond acceptors (Lipinski definition) is 4. The highest BCUT2D eigenvalue weighted by Crippen LogP contribution is 2.18. The van der Waals surface area contributed by atoms with Crippen molar-refractivity contribution in [3.63, 3.8) is 0 Å². The van der Waals surface area contributed by atoms with Gasteiger partial charge in [-0.2, -0.15) is 0 Å². The number of ether oxygens (including phenoxy) is 2. The van der Waals surface area contributed by atoms with E-state index in [4.69, 9.17) is 9.47 Å². The number of amides is 2. The molecule has 2 amide bonds. The first kappa shape index (κ1) is 24.3. The minimum Gasteiger partial charge on any atom is -0.497 e. The quantitative estimate of drug-likeness (QED) is 0.587. The minimum atomic E-state index is -0.589. The maximum absolute atomic E-state index is 13.2. The summed E-state index contributed by atoms with van der Waals surface area (Å²) in [5.74, 6) is 0.938. The summed E-state index contributed by atoms with van der Waals surface area (Å²) in [5.41, 5.74) is 2.00. The predicted molar refractivity (Wildman–Crippen MR) is 122 cm³/mol. The second kappa shape index (κ2) is 12.0. The van der Waals surface area contributed by atoms with Gasteiger partial charge in [-0.3, -0.25) is 9.59 Å². The average Bonchev–Trinajstić information content (AvgIpc) is 2.78. The van der Waals surface area contributed by atoms with Crippen molar-refractivity contribution in [3.05, 3.63) is 59.7 Å². The van der Waals surface area contributed by atoms with E-state index in [0.29, 0.717) is 24.5 Å². The Balaban J connectivity index is 2.22. The number of methoxy groups -OCH3 is 1. The average molecular weight is 427 g/mol. The van der Waals surface area contributed by atoms with Crippen molar-refractivity contribution in [3.8, 4) is 11.5 Å². The largest absolute Gasteiger partial charge is 0.497 e. The number of rotatable bonds is 11. The summed E-state index contributed by atoms with van der Waals surface area (Å²) in [7, 11) is 1.60. The summed E-state index contributed by atoms with van der Waals surface area (Å²) in [6.07, 6.45) is 1.32. The van der Waals surface area contributed by atoms with Crippen molar-refractivity contribution in [2.75, 3.05) is 13.7 Å². The van der Waals surface area contributed by atoms with Crippen molar-refractivity contribution in [1.29, 1.82) is 0 Å². The molecule has 0 fully saturated rings. The molecule has 0 aliphatic rings. The minimum absolute atomic E-state index is 0.0409. The SMILES string of the molecule is CC[C@H](C(=O)N[C@@H](C)CC)N(Cc1cccc(OC)c1)C(=O)COc1ccc(C)cc1. The molecule has 2 atom stereocenters. The molecule has 0 saturated heterocycles. The lowest BCUT2D eigenvalue weighted by Crippen LogP contribution is -2.51. The van der Waals surface area contributed by atoms with Crippen molar-refractivity contribution < 1.29 is 19.1 Å². The molecule has 31 heavy (non-hydrogen) atoms. The zero-order chi connectivity index (χ0) is 22.8. The van der Waals surface area contributed by atoms with Crippen LogP contribution in [0.1, 0.15) is 44.7 Å². The zero-order valence-electron chi connectivity index (χ0n) is 19.2. The Morgan fingerprint density at radius 1 is 1.03 bits per heavy atom. The maximum atomic E-state index is 13.2. The second-order valence-electron chi connectivity index (χ2n) is 7.72. The molecule has 6 heteroatoms. The third kappa shape index (κ3) is 7.31. The van der Waals surface area contributed by atoms with E-state index in [1.807, 2.05) is 76.2 Å². The van der Waals surface area contributed by atoms with Crippen molar-refractivity contribution in [2.24, 2.45) is 0 Å². The van der Waals surface area contributed by atoms with E-state index in [-0.39, 0.29) is 24.5 Å². The van der Waals surface area contributed by atoms with Gasteiger partial charge in [0.2, 0.25) is 5.91 Å². The topological polar surface area (TPSA) is 67.9 Å². The number of carbonyl (C=O) groups is 2. The fourth-order valence-electron chi connectivity index (χ4n) is 3.19. The van der Waals surface area contributed by atoms with Crippen LogP contribution in [0.25, 0.3) is 0 Å². The summed E-state index contributed by atoms with van der Waals surface area (Å²) in [6.45, 7) is 8.03. The van der Waals surface area contributed by atoms with Crippen LogP contribution in [-0.2, 0) is 16.1 Å². The number of hydrogen-bond donors (Lipinski definition) is 1. The summed E-state index contributed by atoms with van der Waals surface area (Å²) in [4.78, 5) is 27.7. The van der Waals surface area contributed by atoms with Gasteiger partial charge in [0.05, 0.1) is 7.11 Å². The smallest absolute Gasteiger partial charge is 0.261 e. The Bertz CT molecular complexity index is 851. The molecule has 2 aromatic rings. The first-order valence-corrected chi connectivity index (χ1v) is 10.8. The molecule has 0 radical (unpaired) electrons. The molecule has 6 nitrogen and oxygen atoms in total. The van der Waals surface area contributed by atoms with Crippen LogP contribution in [0.5, 0.6) is 11.5 Å². The van der Waals surface area contributed by atoms with Crippen LogP contribution >= 0.6 is 0 Å². The summed E-state index contributed by atoms with van der Waals surface area (Å²) in [6, 6.07) is 14.5. The van der Waals surface area contributed by atoms with Gasteiger partial charge in [0.1, 0.15) is 17.5 Å². The lowest BCUT2D eigenvalue weighted by molar-refractivity contribution is -0.143. The molecule has 0 saturated carbocycles. The lowest BCUT2D eigenvalue weighted by Gasteiger charge is -2.31. The first-order valence-electron chi connectivity index (χ1n) is 10.8. The lowest BCUT2D eigenvalue weighted by atomic mass is 10.1. The third-order valence-corrected chi connectivity index (χ3v) is 5.26. The van der Waals surface area contributed by atoms with E-state index in [1.165, 1.54) is 0 Å². The second-order valence-corrected chi connectivity index (χ2v) is 7.72. The molecule has 0 aromatic heterocycles. The van der Waals surface area contributed by atoms with Gasteiger partial charge < -0.3 is 19.7 Å². The van der Waals surface area contributed by atoms with E-state index in [9.17, 15) is 9.59 Å². The van der Waals surface area contributed by atoms with Crippen molar-refractivity contribution in [2.45, 2.75) is 59.2 Å². The number of carbonyl (C=O) groups excluding carboxylic acids is 2. The van der Waals surface area contributed by atoms with Crippen LogP contribution in [0.3, 0.4) is 0 Å². The van der Waals surface area contributed by atoms with Gasteiger partial charge >= 0.3 is 0 Å². The van der Waals surface area contributed by atoms with Crippen molar-refractivity contribution in [1.82, 2.24) is 10.2 Å². The molecule has 0 aliphatic heterocycles. The normalized spacial score (nSPS) is 12.5. The molecule has 1 N–H and O–H groups in total. The van der Waals surface area contributed by atoms with Crippen LogP contribution in [0.4, 0.5) is 0 Å². The Morgan fingerprint density at radius 2 is 1.74 bits per heavy atom. The summed E-state index contributed by atoms with van der Waals surface area (Å²) in [5, 5.41) is 3.01. The molecule has 0 aliphatic carbocycles. The molecule has 0 bridgehead atoms. The van der Waals surface area contributed by atoms with Gasteiger partial charge in [-0.15, -0.1) is 0 Å². The highest BCUT2D eigenvalue weighted by atomic mass is 16.5. The van der Waals surface area contributed by atoms with Crippen LogP contribution < -0.4 is 14.8 Å². The van der Waals surface area contributed by atoms with E-state index >= 15 is 0 Å². The highest BCUT2D eigenvalue weighted by molar-refractivity contribution is 5.88. The van der Waals surface area contributed by atoms with Gasteiger partial charge in [-0.05, 0) is 56.5 Å². The van der Waals surface area contributed by atoms with Gasteiger partial charge in [-0.25, -0.2) is 0 Å². The van der Waals surface area contributed by atoms with Crippen LogP contribution in [0.2, 0.25) is 0 Å². The third-order valence-electron chi connectivity index (χ3n) is 5.26. The zero-order valence-corrected chi connectivity index (χ0v) is 19.2. The Labute approximate surface area is 185 Å². The number of nitrogens with zero attached hydrogens (tertiary/aromatic N) is 1.